The van der Waals surface area contributed by atoms with E-state index in [-0.39, 0.29) is 23.1 Å². The molecule has 0 spiro atoms. The highest BCUT2D eigenvalue weighted by Crippen LogP contribution is 2.30. The van der Waals surface area contributed by atoms with Gasteiger partial charge >= 0.3 is 0 Å². The van der Waals surface area contributed by atoms with Gasteiger partial charge in [0.1, 0.15) is 5.71 Å². The highest BCUT2D eigenvalue weighted by atomic mass is 16.5. The standard InChI is InChI=1S/C19H22N2O3/c1-19(2,3)21-18(23)16(20-13-9-6-5-7-10-13)14-11-8-12-15(24-4)17(14)22/h5-12,22H,1-4H3,(H,21,23). The maximum absolute atomic E-state index is 12.7. The molecule has 2 rings (SSSR count). The highest BCUT2D eigenvalue weighted by molar-refractivity contribution is 6.46. The van der Waals surface area contributed by atoms with E-state index in [1.54, 1.807) is 30.3 Å². The fourth-order valence-corrected chi connectivity index (χ4v) is 2.14. The Morgan fingerprint density at radius 1 is 1.08 bits per heavy atom. The number of nitrogens with zero attached hydrogens (tertiary/aromatic N) is 1. The molecule has 24 heavy (non-hydrogen) atoms. The van der Waals surface area contributed by atoms with E-state index in [0.29, 0.717) is 11.3 Å². The molecule has 0 saturated heterocycles. The number of benzene rings is 2. The zero-order valence-electron chi connectivity index (χ0n) is 14.3. The van der Waals surface area contributed by atoms with Gasteiger partial charge in [0.05, 0.1) is 18.4 Å². The molecule has 5 heteroatoms. The first-order valence-corrected chi connectivity index (χ1v) is 7.64. The quantitative estimate of drug-likeness (QED) is 0.846. The topological polar surface area (TPSA) is 70.9 Å². The number of aliphatic imine (C=N–C) groups is 1. The molecule has 0 aromatic heterocycles. The van der Waals surface area contributed by atoms with Crippen molar-refractivity contribution in [3.63, 3.8) is 0 Å². The van der Waals surface area contributed by atoms with Gasteiger partial charge in [0.2, 0.25) is 0 Å². The lowest BCUT2D eigenvalue weighted by Crippen LogP contribution is -2.44. The molecule has 1 amide bonds. The summed E-state index contributed by atoms with van der Waals surface area (Å²) in [5.41, 5.74) is 0.648. The predicted octanol–water partition coefficient (Wildman–Crippen LogP) is 3.44. The van der Waals surface area contributed by atoms with Crippen molar-refractivity contribution in [3.05, 3.63) is 54.1 Å². The molecule has 5 nitrogen and oxygen atoms in total. The second-order valence-corrected chi connectivity index (χ2v) is 6.36. The third-order valence-electron chi connectivity index (χ3n) is 3.17. The molecule has 0 fully saturated rings. The fourth-order valence-electron chi connectivity index (χ4n) is 2.14. The van der Waals surface area contributed by atoms with E-state index >= 15 is 0 Å². The third-order valence-corrected chi connectivity index (χ3v) is 3.17. The first kappa shape index (κ1) is 17.5. The van der Waals surface area contributed by atoms with Gasteiger partial charge in [-0.1, -0.05) is 24.3 Å². The van der Waals surface area contributed by atoms with E-state index in [9.17, 15) is 9.90 Å². The number of hydrogen-bond acceptors (Lipinski definition) is 4. The van der Waals surface area contributed by atoms with Crippen molar-refractivity contribution in [2.24, 2.45) is 4.99 Å². The van der Waals surface area contributed by atoms with Crippen LogP contribution in [0.3, 0.4) is 0 Å². The molecule has 0 saturated carbocycles. The molecule has 2 aromatic rings. The lowest BCUT2D eigenvalue weighted by molar-refractivity contribution is -0.116. The van der Waals surface area contributed by atoms with Crippen LogP contribution >= 0.6 is 0 Å². The summed E-state index contributed by atoms with van der Waals surface area (Å²) in [5.74, 6) is -0.189. The van der Waals surface area contributed by atoms with E-state index in [1.165, 1.54) is 7.11 Å². The first-order valence-electron chi connectivity index (χ1n) is 7.64. The van der Waals surface area contributed by atoms with E-state index in [4.69, 9.17) is 4.74 Å². The van der Waals surface area contributed by atoms with Crippen LogP contribution in [-0.2, 0) is 4.79 Å². The van der Waals surface area contributed by atoms with Gasteiger partial charge in [-0.2, -0.15) is 0 Å². The van der Waals surface area contributed by atoms with E-state index in [1.807, 2.05) is 39.0 Å². The molecule has 0 aliphatic carbocycles. The molecule has 0 heterocycles. The van der Waals surface area contributed by atoms with Crippen molar-refractivity contribution in [2.75, 3.05) is 7.11 Å². The number of phenolic OH excluding ortho intramolecular Hbond substituents is 1. The second kappa shape index (κ2) is 7.17. The fraction of sp³-hybridized carbons (Fsp3) is 0.263. The van der Waals surface area contributed by atoms with Crippen LogP contribution in [0.5, 0.6) is 11.5 Å². The van der Waals surface area contributed by atoms with Crippen molar-refractivity contribution >= 4 is 17.3 Å². The van der Waals surface area contributed by atoms with E-state index in [0.717, 1.165) is 0 Å². The average Bonchev–Trinajstić information content (AvgIpc) is 2.52. The maximum atomic E-state index is 12.7. The van der Waals surface area contributed by atoms with Gasteiger partial charge in [-0.3, -0.25) is 4.79 Å². The number of aromatic hydroxyl groups is 1. The summed E-state index contributed by atoms with van der Waals surface area (Å²) in [5, 5.41) is 13.3. The number of phenols is 1. The number of carbonyl (C=O) groups is 1. The molecular formula is C19H22N2O3. The summed E-state index contributed by atoms with van der Waals surface area (Å²) in [4.78, 5) is 17.2. The zero-order chi connectivity index (χ0) is 17.7. The van der Waals surface area contributed by atoms with E-state index in [2.05, 4.69) is 10.3 Å². The Bertz CT molecular complexity index is 747. The van der Waals surface area contributed by atoms with Crippen molar-refractivity contribution in [3.8, 4) is 11.5 Å². The Hall–Kier alpha value is -2.82. The van der Waals surface area contributed by atoms with Crippen molar-refractivity contribution in [2.45, 2.75) is 26.3 Å². The van der Waals surface area contributed by atoms with Crippen LogP contribution in [-0.4, -0.2) is 29.4 Å². The number of amides is 1. The van der Waals surface area contributed by atoms with Gasteiger partial charge in [0, 0.05) is 5.54 Å². The number of para-hydroxylation sites is 2. The van der Waals surface area contributed by atoms with Gasteiger partial charge in [-0.05, 0) is 45.0 Å². The van der Waals surface area contributed by atoms with Crippen LogP contribution in [0.1, 0.15) is 26.3 Å². The van der Waals surface area contributed by atoms with Gasteiger partial charge in [-0.25, -0.2) is 4.99 Å². The number of methoxy groups -OCH3 is 1. The molecule has 0 unspecified atom stereocenters. The molecular weight excluding hydrogens is 304 g/mol. The summed E-state index contributed by atoms with van der Waals surface area (Å²) < 4.78 is 5.13. The van der Waals surface area contributed by atoms with Crippen LogP contribution in [0, 0.1) is 0 Å². The Labute approximate surface area is 142 Å². The third kappa shape index (κ3) is 4.35. The molecule has 0 aliphatic heterocycles. The van der Waals surface area contributed by atoms with Crippen LogP contribution in [0.25, 0.3) is 0 Å². The van der Waals surface area contributed by atoms with Crippen LogP contribution in [0.4, 0.5) is 5.69 Å². The van der Waals surface area contributed by atoms with Gasteiger partial charge in [0.25, 0.3) is 5.91 Å². The number of ether oxygens (including phenoxy) is 1. The number of carbonyl (C=O) groups excluding carboxylic acids is 1. The number of nitrogens with one attached hydrogen (secondary N) is 1. The summed E-state index contributed by atoms with van der Waals surface area (Å²) in [6.45, 7) is 5.66. The maximum Gasteiger partial charge on any atom is 0.271 e. The Morgan fingerprint density at radius 3 is 2.33 bits per heavy atom. The zero-order valence-corrected chi connectivity index (χ0v) is 14.3. The van der Waals surface area contributed by atoms with E-state index < -0.39 is 5.54 Å². The predicted molar refractivity (Wildman–Crippen MR) is 95.2 cm³/mol. The summed E-state index contributed by atoms with van der Waals surface area (Å²) in [6, 6.07) is 14.1. The molecule has 126 valence electrons. The van der Waals surface area contributed by atoms with Crippen molar-refractivity contribution < 1.29 is 14.6 Å². The molecule has 0 bridgehead atoms. The molecule has 0 radical (unpaired) electrons. The monoisotopic (exact) mass is 326 g/mol. The van der Waals surface area contributed by atoms with Crippen LogP contribution < -0.4 is 10.1 Å². The van der Waals surface area contributed by atoms with Crippen molar-refractivity contribution in [1.82, 2.24) is 5.32 Å². The Balaban J connectivity index is 2.56. The van der Waals surface area contributed by atoms with Crippen LogP contribution in [0.2, 0.25) is 0 Å². The molecule has 0 atom stereocenters. The Kier molecular flexibility index (Phi) is 5.24. The minimum Gasteiger partial charge on any atom is -0.504 e. The number of rotatable bonds is 4. The summed E-state index contributed by atoms with van der Waals surface area (Å²) in [6.07, 6.45) is 0. The average molecular weight is 326 g/mol. The largest absolute Gasteiger partial charge is 0.504 e. The van der Waals surface area contributed by atoms with Gasteiger partial charge in [0.15, 0.2) is 11.5 Å². The first-order chi connectivity index (χ1) is 11.3. The van der Waals surface area contributed by atoms with Gasteiger partial charge in [-0.15, -0.1) is 0 Å². The molecule has 2 N–H and O–H groups in total. The number of hydrogen-bond donors (Lipinski definition) is 2. The molecule has 0 aliphatic rings. The second-order valence-electron chi connectivity index (χ2n) is 6.36. The Morgan fingerprint density at radius 2 is 1.75 bits per heavy atom. The lowest BCUT2D eigenvalue weighted by atomic mass is 10.0. The van der Waals surface area contributed by atoms with Gasteiger partial charge < -0.3 is 15.2 Å². The minimum atomic E-state index is -0.428. The normalized spacial score (nSPS) is 11.9. The smallest absolute Gasteiger partial charge is 0.271 e. The van der Waals surface area contributed by atoms with Crippen LogP contribution in [0.15, 0.2) is 53.5 Å². The minimum absolute atomic E-state index is 0.112. The molecule has 2 aromatic carbocycles. The van der Waals surface area contributed by atoms with Crippen molar-refractivity contribution in [1.29, 1.82) is 0 Å². The SMILES string of the molecule is COc1cccc(C(=Nc2ccccc2)C(=O)NC(C)(C)C)c1O. The summed E-state index contributed by atoms with van der Waals surface area (Å²) in [7, 11) is 1.46. The summed E-state index contributed by atoms with van der Waals surface area (Å²) >= 11 is 0. The highest BCUT2D eigenvalue weighted by Gasteiger charge is 2.23. The lowest BCUT2D eigenvalue weighted by Gasteiger charge is -2.21.